The largest absolute Gasteiger partial charge is 0.313 e. The van der Waals surface area contributed by atoms with Gasteiger partial charge >= 0.3 is 0 Å². The number of hydrogen-bond acceptors (Lipinski definition) is 2. The second kappa shape index (κ2) is 4.83. The highest BCUT2D eigenvalue weighted by atomic mass is 15.1. The van der Waals surface area contributed by atoms with Gasteiger partial charge in [-0.25, -0.2) is 0 Å². The molecule has 72 valence electrons. The van der Waals surface area contributed by atoms with E-state index >= 15 is 0 Å². The normalized spacial score (nSPS) is 31.0. The summed E-state index contributed by atoms with van der Waals surface area (Å²) in [6.07, 6.45) is 5.54. The van der Waals surface area contributed by atoms with Crippen molar-refractivity contribution in [3.8, 4) is 0 Å². The van der Waals surface area contributed by atoms with Crippen molar-refractivity contribution >= 4 is 0 Å². The Kier molecular flexibility index (Phi) is 4.02. The van der Waals surface area contributed by atoms with E-state index in [1.807, 2.05) is 0 Å². The highest BCUT2D eigenvalue weighted by Crippen LogP contribution is 2.21. The lowest BCUT2D eigenvalue weighted by Gasteiger charge is -2.36. The number of rotatable bonds is 3. The molecule has 1 aliphatic carbocycles. The van der Waals surface area contributed by atoms with E-state index in [9.17, 15) is 0 Å². The van der Waals surface area contributed by atoms with E-state index in [0.29, 0.717) is 0 Å². The summed E-state index contributed by atoms with van der Waals surface area (Å²) >= 11 is 0. The van der Waals surface area contributed by atoms with Gasteiger partial charge in [-0.05, 0) is 33.5 Å². The van der Waals surface area contributed by atoms with Gasteiger partial charge in [-0.1, -0.05) is 19.8 Å². The van der Waals surface area contributed by atoms with E-state index in [-0.39, 0.29) is 0 Å². The van der Waals surface area contributed by atoms with Crippen molar-refractivity contribution in [2.75, 3.05) is 20.6 Å². The summed E-state index contributed by atoms with van der Waals surface area (Å²) in [5.74, 6) is 0. The molecule has 1 saturated carbocycles. The molecule has 2 nitrogen and oxygen atoms in total. The van der Waals surface area contributed by atoms with E-state index < -0.39 is 0 Å². The zero-order valence-electron chi connectivity index (χ0n) is 8.64. The van der Waals surface area contributed by atoms with Crippen LogP contribution >= 0.6 is 0 Å². The fraction of sp³-hybridized carbons (Fsp3) is 1.00. The maximum atomic E-state index is 3.57. The Morgan fingerprint density at radius 2 is 1.92 bits per heavy atom. The van der Waals surface area contributed by atoms with Crippen LogP contribution in [0.1, 0.15) is 32.6 Å². The van der Waals surface area contributed by atoms with Crippen LogP contribution in [0, 0.1) is 0 Å². The molecule has 0 spiro atoms. The molecule has 2 heteroatoms. The Morgan fingerprint density at radius 1 is 1.25 bits per heavy atom. The summed E-state index contributed by atoms with van der Waals surface area (Å²) in [5.41, 5.74) is 0. The van der Waals surface area contributed by atoms with Gasteiger partial charge in [0.25, 0.3) is 0 Å². The molecule has 1 aliphatic rings. The van der Waals surface area contributed by atoms with Crippen LogP contribution in [0.3, 0.4) is 0 Å². The fourth-order valence-corrected chi connectivity index (χ4v) is 2.23. The number of nitrogens with zero attached hydrogens (tertiary/aromatic N) is 1. The first-order valence-corrected chi connectivity index (χ1v) is 5.15. The molecule has 0 aromatic carbocycles. The van der Waals surface area contributed by atoms with E-state index in [1.165, 1.54) is 25.7 Å². The quantitative estimate of drug-likeness (QED) is 0.690. The zero-order valence-corrected chi connectivity index (χ0v) is 8.64. The maximum Gasteiger partial charge on any atom is 0.0243 e. The molecule has 1 N–H and O–H groups in total. The molecule has 0 radical (unpaired) electrons. The molecule has 0 unspecified atom stereocenters. The molecule has 0 amide bonds. The summed E-state index contributed by atoms with van der Waals surface area (Å²) in [5, 5.41) is 3.57. The molecule has 0 heterocycles. The van der Waals surface area contributed by atoms with Crippen LogP contribution in [0.2, 0.25) is 0 Å². The second-order valence-electron chi connectivity index (χ2n) is 3.98. The Bertz CT molecular complexity index is 121. The minimum absolute atomic E-state index is 0.735. The van der Waals surface area contributed by atoms with Crippen LogP contribution in [0.5, 0.6) is 0 Å². The average molecular weight is 170 g/mol. The third-order valence-electron chi connectivity index (χ3n) is 2.86. The SMILES string of the molecule is CCN[C@H]1CCCC[C@@H]1N(C)C. The predicted molar refractivity (Wildman–Crippen MR) is 53.4 cm³/mol. The minimum Gasteiger partial charge on any atom is -0.313 e. The summed E-state index contributed by atoms with van der Waals surface area (Å²) in [4.78, 5) is 2.37. The molecule has 1 fully saturated rings. The third-order valence-corrected chi connectivity index (χ3v) is 2.86. The van der Waals surface area contributed by atoms with Crippen LogP contribution in [-0.2, 0) is 0 Å². The van der Waals surface area contributed by atoms with Crippen LogP contribution in [0.4, 0.5) is 0 Å². The molecule has 1 rings (SSSR count). The monoisotopic (exact) mass is 170 g/mol. The van der Waals surface area contributed by atoms with E-state index in [0.717, 1.165) is 18.6 Å². The van der Waals surface area contributed by atoms with E-state index in [1.54, 1.807) is 0 Å². The van der Waals surface area contributed by atoms with Crippen molar-refractivity contribution in [2.24, 2.45) is 0 Å². The molecule has 0 saturated heterocycles. The minimum atomic E-state index is 0.735. The first-order chi connectivity index (χ1) is 5.75. The Morgan fingerprint density at radius 3 is 2.50 bits per heavy atom. The molecular formula is C10H22N2. The Balaban J connectivity index is 2.42. The number of hydrogen-bond donors (Lipinski definition) is 1. The van der Waals surface area contributed by atoms with Crippen molar-refractivity contribution < 1.29 is 0 Å². The van der Waals surface area contributed by atoms with Gasteiger partial charge in [-0.15, -0.1) is 0 Å². The molecule has 2 atom stereocenters. The first-order valence-electron chi connectivity index (χ1n) is 5.15. The zero-order chi connectivity index (χ0) is 8.97. The lowest BCUT2D eigenvalue weighted by atomic mass is 9.89. The molecular weight excluding hydrogens is 148 g/mol. The predicted octanol–water partition coefficient (Wildman–Crippen LogP) is 1.47. The van der Waals surface area contributed by atoms with Gasteiger partial charge in [0.1, 0.15) is 0 Å². The van der Waals surface area contributed by atoms with Gasteiger partial charge < -0.3 is 10.2 Å². The molecule has 0 aromatic heterocycles. The van der Waals surface area contributed by atoms with E-state index in [4.69, 9.17) is 0 Å². The fourth-order valence-electron chi connectivity index (χ4n) is 2.23. The Labute approximate surface area is 76.3 Å². The summed E-state index contributed by atoms with van der Waals surface area (Å²) in [6.45, 7) is 3.30. The molecule has 0 aromatic rings. The molecule has 12 heavy (non-hydrogen) atoms. The topological polar surface area (TPSA) is 15.3 Å². The van der Waals surface area contributed by atoms with Crippen molar-refractivity contribution in [1.29, 1.82) is 0 Å². The van der Waals surface area contributed by atoms with Crippen LogP contribution in [0.25, 0.3) is 0 Å². The maximum absolute atomic E-state index is 3.57. The first kappa shape index (κ1) is 10.0. The standard InChI is InChI=1S/C10H22N2/c1-4-11-9-7-5-6-8-10(9)12(2)3/h9-11H,4-8H2,1-3H3/t9-,10-/m0/s1. The number of likely N-dealkylation sites (N-methyl/N-ethyl adjacent to an activating group) is 2. The molecule has 0 bridgehead atoms. The summed E-state index contributed by atoms with van der Waals surface area (Å²) < 4.78 is 0. The lowest BCUT2D eigenvalue weighted by Crippen LogP contribution is -2.49. The highest BCUT2D eigenvalue weighted by Gasteiger charge is 2.25. The average Bonchev–Trinajstić information content (AvgIpc) is 2.05. The van der Waals surface area contributed by atoms with E-state index in [2.05, 4.69) is 31.2 Å². The van der Waals surface area contributed by atoms with Crippen molar-refractivity contribution in [3.05, 3.63) is 0 Å². The van der Waals surface area contributed by atoms with Crippen LogP contribution in [-0.4, -0.2) is 37.6 Å². The van der Waals surface area contributed by atoms with Gasteiger partial charge in [0.2, 0.25) is 0 Å². The summed E-state index contributed by atoms with van der Waals surface area (Å²) in [7, 11) is 4.39. The smallest absolute Gasteiger partial charge is 0.0243 e. The Hall–Kier alpha value is -0.0800. The summed E-state index contributed by atoms with van der Waals surface area (Å²) in [6, 6.07) is 1.50. The second-order valence-corrected chi connectivity index (χ2v) is 3.98. The van der Waals surface area contributed by atoms with Crippen molar-refractivity contribution in [2.45, 2.75) is 44.7 Å². The van der Waals surface area contributed by atoms with Gasteiger partial charge in [-0.2, -0.15) is 0 Å². The van der Waals surface area contributed by atoms with Gasteiger partial charge in [0.15, 0.2) is 0 Å². The number of nitrogens with one attached hydrogen (secondary N) is 1. The van der Waals surface area contributed by atoms with Crippen molar-refractivity contribution in [1.82, 2.24) is 10.2 Å². The van der Waals surface area contributed by atoms with Gasteiger partial charge in [0.05, 0.1) is 0 Å². The van der Waals surface area contributed by atoms with Crippen LogP contribution in [0.15, 0.2) is 0 Å². The lowest BCUT2D eigenvalue weighted by molar-refractivity contribution is 0.178. The van der Waals surface area contributed by atoms with Crippen LogP contribution < -0.4 is 5.32 Å². The molecule has 0 aliphatic heterocycles. The van der Waals surface area contributed by atoms with Gasteiger partial charge in [0, 0.05) is 12.1 Å². The van der Waals surface area contributed by atoms with Gasteiger partial charge in [-0.3, -0.25) is 0 Å². The third kappa shape index (κ3) is 2.46. The highest BCUT2D eigenvalue weighted by molar-refractivity contribution is 4.85. The van der Waals surface area contributed by atoms with Crippen molar-refractivity contribution in [3.63, 3.8) is 0 Å².